The van der Waals surface area contributed by atoms with Gasteiger partial charge in [-0.3, -0.25) is 4.79 Å². The van der Waals surface area contributed by atoms with E-state index in [-0.39, 0.29) is 6.42 Å². The zero-order chi connectivity index (χ0) is 56.1. The van der Waals surface area contributed by atoms with Gasteiger partial charge in [0.15, 0.2) is 6.29 Å². The molecule has 1 amide bonds. The maximum atomic E-state index is 13.2. The molecule has 8 N–H and O–H groups in total. The molecule has 1 fully saturated rings. The molecule has 9 unspecified atom stereocenters. The Hall–Kier alpha value is -1.15. The molecule has 0 saturated carbocycles. The van der Waals surface area contributed by atoms with Gasteiger partial charge in [0.05, 0.1) is 25.4 Å². The Morgan fingerprint density at radius 3 is 1.09 bits per heavy atom. The number of carbonyl (C=O) groups is 1. The molecule has 1 aliphatic rings. The largest absolute Gasteiger partial charge is 0.394 e. The Morgan fingerprint density at radius 2 is 0.753 bits per heavy atom. The zero-order valence-corrected chi connectivity index (χ0v) is 50.5. The van der Waals surface area contributed by atoms with Gasteiger partial charge in [-0.2, -0.15) is 0 Å². The summed E-state index contributed by atoms with van der Waals surface area (Å²) in [7, 11) is 0. The molecule has 1 aliphatic heterocycles. The zero-order valence-electron chi connectivity index (χ0n) is 50.5. The van der Waals surface area contributed by atoms with Crippen LogP contribution >= 0.6 is 0 Å². The van der Waals surface area contributed by atoms with E-state index in [0.717, 1.165) is 38.5 Å². The Morgan fingerprint density at radius 1 is 0.442 bits per heavy atom. The lowest BCUT2D eigenvalue weighted by Gasteiger charge is -2.40. The van der Waals surface area contributed by atoms with Gasteiger partial charge in [-0.15, -0.1) is 0 Å². The van der Waals surface area contributed by atoms with Crippen LogP contribution in [0.15, 0.2) is 12.2 Å². The first kappa shape index (κ1) is 73.9. The molecule has 1 rings (SSSR count). The molecular formula is C66H129NO10. The van der Waals surface area contributed by atoms with Crippen LogP contribution in [-0.2, 0) is 14.3 Å². The first-order valence-corrected chi connectivity index (χ1v) is 33.6. The van der Waals surface area contributed by atoms with Gasteiger partial charge in [0.25, 0.3) is 0 Å². The van der Waals surface area contributed by atoms with Crippen molar-refractivity contribution in [1.82, 2.24) is 5.32 Å². The van der Waals surface area contributed by atoms with Crippen molar-refractivity contribution in [3.05, 3.63) is 12.2 Å². The predicted octanol–water partition coefficient (Wildman–Crippen LogP) is 15.5. The van der Waals surface area contributed by atoms with E-state index in [0.29, 0.717) is 19.3 Å². The fourth-order valence-electron chi connectivity index (χ4n) is 11.1. The minimum absolute atomic E-state index is 0.265. The van der Waals surface area contributed by atoms with Gasteiger partial charge in [0, 0.05) is 0 Å². The number of amides is 1. The number of ether oxygens (including phenoxy) is 2. The third-order valence-electron chi connectivity index (χ3n) is 16.6. The molecule has 0 radical (unpaired) electrons. The highest BCUT2D eigenvalue weighted by molar-refractivity contribution is 5.80. The van der Waals surface area contributed by atoms with Crippen LogP contribution < -0.4 is 5.32 Å². The number of hydrogen-bond donors (Lipinski definition) is 8. The molecule has 11 nitrogen and oxygen atoms in total. The summed E-state index contributed by atoms with van der Waals surface area (Å²) in [5, 5.41) is 76.1. The van der Waals surface area contributed by atoms with Gasteiger partial charge in [-0.05, 0) is 38.5 Å². The van der Waals surface area contributed by atoms with E-state index < -0.39 is 74.2 Å². The topological polar surface area (TPSA) is 189 Å². The number of unbranched alkanes of at least 4 members (excludes halogenated alkanes) is 45. The third kappa shape index (κ3) is 43.2. The molecule has 0 aromatic heterocycles. The van der Waals surface area contributed by atoms with E-state index in [4.69, 9.17) is 9.47 Å². The predicted molar refractivity (Wildman–Crippen MR) is 321 cm³/mol. The van der Waals surface area contributed by atoms with Gasteiger partial charge >= 0.3 is 0 Å². The Labute approximate surface area is 474 Å². The number of allylic oxidation sites excluding steroid dienone is 2. The van der Waals surface area contributed by atoms with Crippen molar-refractivity contribution in [3.63, 3.8) is 0 Å². The molecule has 11 heteroatoms. The molecular weight excluding hydrogens is 967 g/mol. The van der Waals surface area contributed by atoms with Gasteiger partial charge in [-0.25, -0.2) is 0 Å². The third-order valence-corrected chi connectivity index (χ3v) is 16.6. The molecule has 0 spiro atoms. The highest BCUT2D eigenvalue weighted by atomic mass is 16.7. The Bertz CT molecular complexity index is 1260. The Balaban J connectivity index is 2.08. The van der Waals surface area contributed by atoms with E-state index in [1.165, 1.54) is 257 Å². The molecule has 0 bridgehead atoms. The molecule has 0 aromatic carbocycles. The summed E-state index contributed by atoms with van der Waals surface area (Å²) in [5.41, 5.74) is 0. The molecule has 1 heterocycles. The van der Waals surface area contributed by atoms with E-state index in [1.54, 1.807) is 0 Å². The fourth-order valence-corrected chi connectivity index (χ4v) is 11.1. The van der Waals surface area contributed by atoms with Crippen molar-refractivity contribution in [2.24, 2.45) is 0 Å². The van der Waals surface area contributed by atoms with Gasteiger partial charge in [0.1, 0.15) is 36.6 Å². The van der Waals surface area contributed by atoms with E-state index in [1.807, 2.05) is 0 Å². The summed E-state index contributed by atoms with van der Waals surface area (Å²) in [6.45, 7) is 3.48. The second-order valence-electron chi connectivity index (χ2n) is 23.9. The lowest BCUT2D eigenvalue weighted by Crippen LogP contribution is -2.60. The van der Waals surface area contributed by atoms with Crippen molar-refractivity contribution < 1.29 is 50.0 Å². The first-order valence-electron chi connectivity index (χ1n) is 33.6. The van der Waals surface area contributed by atoms with E-state index >= 15 is 0 Å². The molecule has 458 valence electrons. The van der Waals surface area contributed by atoms with Crippen molar-refractivity contribution in [3.8, 4) is 0 Å². The van der Waals surface area contributed by atoms with Crippen molar-refractivity contribution in [2.45, 2.75) is 390 Å². The van der Waals surface area contributed by atoms with Gasteiger partial charge in [-0.1, -0.05) is 309 Å². The summed E-state index contributed by atoms with van der Waals surface area (Å²) in [5.74, 6) is -0.691. The van der Waals surface area contributed by atoms with Crippen LogP contribution in [0, 0.1) is 0 Å². The SMILES string of the molecule is CCCCCCCCCCCCCCCCCCCC/C=C\CCCCCCCCCCCCCCCCCCC(O)C(=O)NC(COC1OC(CO)C(O)C(O)C1O)C(O)C(O)CCCCCCCCCCCCCC. The summed E-state index contributed by atoms with van der Waals surface area (Å²) in [6, 6.07) is -1.16. The first-order chi connectivity index (χ1) is 37.7. The molecule has 1 saturated heterocycles. The van der Waals surface area contributed by atoms with Crippen LogP contribution in [-0.4, -0.2) is 110 Å². The van der Waals surface area contributed by atoms with Crippen LogP contribution in [0.2, 0.25) is 0 Å². The highest BCUT2D eigenvalue weighted by Crippen LogP contribution is 2.24. The lowest BCUT2D eigenvalue weighted by molar-refractivity contribution is -0.303. The summed E-state index contributed by atoms with van der Waals surface area (Å²) in [4.78, 5) is 13.2. The fraction of sp³-hybridized carbons (Fsp3) is 0.955. The molecule has 77 heavy (non-hydrogen) atoms. The average molecular weight is 1100 g/mol. The number of nitrogens with one attached hydrogen (secondary N) is 1. The van der Waals surface area contributed by atoms with Gasteiger partial charge < -0.3 is 50.5 Å². The monoisotopic (exact) mass is 1100 g/mol. The maximum absolute atomic E-state index is 13.2. The molecule has 9 atom stereocenters. The van der Waals surface area contributed by atoms with Crippen LogP contribution in [0.5, 0.6) is 0 Å². The number of aliphatic hydroxyl groups excluding tert-OH is 7. The second kappa shape index (κ2) is 55.4. The standard InChI is InChI=1S/C66H129NO10/c1-3-5-7-9-11-13-15-17-18-19-20-21-22-23-24-25-26-27-28-29-30-31-32-33-34-35-36-37-38-39-40-41-42-44-46-48-50-52-54-59(70)65(75)67-57(56-76-66-64(74)63(73)62(72)60(55-68)77-66)61(71)58(69)53-51-49-47-45-43-16-14-12-10-8-6-4-2/h29-30,57-64,66,68-74H,3-28,31-56H2,1-2H3,(H,67,75)/b30-29-. The summed E-state index contributed by atoms with van der Waals surface area (Å²) < 4.78 is 11.1. The van der Waals surface area contributed by atoms with Crippen LogP contribution in [0.1, 0.15) is 335 Å². The molecule has 0 aromatic rings. The molecule has 0 aliphatic carbocycles. The maximum Gasteiger partial charge on any atom is 0.249 e. The van der Waals surface area contributed by atoms with Crippen LogP contribution in [0.25, 0.3) is 0 Å². The second-order valence-corrected chi connectivity index (χ2v) is 23.9. The van der Waals surface area contributed by atoms with Crippen molar-refractivity contribution in [1.29, 1.82) is 0 Å². The van der Waals surface area contributed by atoms with Crippen molar-refractivity contribution >= 4 is 5.91 Å². The number of hydrogen-bond acceptors (Lipinski definition) is 10. The number of aliphatic hydroxyl groups is 7. The highest BCUT2D eigenvalue weighted by Gasteiger charge is 2.44. The average Bonchev–Trinajstić information content (AvgIpc) is 3.43. The lowest BCUT2D eigenvalue weighted by atomic mass is 9.98. The summed E-state index contributed by atoms with van der Waals surface area (Å²) in [6.07, 6.45) is 56.1. The van der Waals surface area contributed by atoms with Gasteiger partial charge in [0.2, 0.25) is 5.91 Å². The number of carbonyl (C=O) groups excluding carboxylic acids is 1. The van der Waals surface area contributed by atoms with E-state index in [2.05, 4.69) is 31.3 Å². The number of rotatable bonds is 59. The smallest absolute Gasteiger partial charge is 0.249 e. The Kier molecular flexibility index (Phi) is 53.1. The summed E-state index contributed by atoms with van der Waals surface area (Å²) >= 11 is 0. The minimum Gasteiger partial charge on any atom is -0.394 e. The normalized spacial score (nSPS) is 19.5. The van der Waals surface area contributed by atoms with E-state index in [9.17, 15) is 40.5 Å². The van der Waals surface area contributed by atoms with Crippen molar-refractivity contribution in [2.75, 3.05) is 13.2 Å². The quantitative estimate of drug-likeness (QED) is 0.0215. The van der Waals surface area contributed by atoms with Crippen LogP contribution in [0.3, 0.4) is 0 Å². The van der Waals surface area contributed by atoms with Crippen LogP contribution in [0.4, 0.5) is 0 Å². The minimum atomic E-state index is -1.66.